The van der Waals surface area contributed by atoms with Crippen LogP contribution in [0.25, 0.3) is 0 Å². The summed E-state index contributed by atoms with van der Waals surface area (Å²) in [5, 5.41) is 11.8. The molecule has 0 saturated carbocycles. The fourth-order valence-corrected chi connectivity index (χ4v) is 2.87. The van der Waals surface area contributed by atoms with Crippen LogP contribution in [0.4, 0.5) is 0 Å². The molecule has 4 heteroatoms. The average molecular weight is 418 g/mol. The minimum absolute atomic E-state index is 0.172. The van der Waals surface area contributed by atoms with Crippen molar-refractivity contribution in [1.82, 2.24) is 5.32 Å². The minimum Gasteiger partial charge on any atom is -0.480 e. The van der Waals surface area contributed by atoms with Gasteiger partial charge in [-0.3, -0.25) is 4.79 Å². The van der Waals surface area contributed by atoms with Crippen molar-refractivity contribution in [1.29, 1.82) is 0 Å². The number of carboxylic acid groups (broad SMARTS) is 1. The fourth-order valence-electron chi connectivity index (χ4n) is 2.87. The molecule has 170 valence electrons. The number of carbonyl (C=O) groups is 2. The highest BCUT2D eigenvalue weighted by molar-refractivity contribution is 5.83. The molecule has 0 aromatic carbocycles. The Bertz CT molecular complexity index is 546. The van der Waals surface area contributed by atoms with E-state index in [0.29, 0.717) is 12.8 Å². The molecule has 0 spiro atoms. The largest absolute Gasteiger partial charge is 0.480 e. The monoisotopic (exact) mass is 417 g/mol. The number of rotatable bonds is 19. The van der Waals surface area contributed by atoms with Crippen LogP contribution < -0.4 is 5.32 Å². The molecular formula is C26H43NO3. The van der Waals surface area contributed by atoms with Gasteiger partial charge >= 0.3 is 5.97 Å². The van der Waals surface area contributed by atoms with Gasteiger partial charge in [-0.25, -0.2) is 4.79 Å². The minimum atomic E-state index is -0.947. The number of allylic oxidation sites excluding steroid dienone is 8. The molecule has 4 nitrogen and oxygen atoms in total. The van der Waals surface area contributed by atoms with Gasteiger partial charge < -0.3 is 10.4 Å². The first-order chi connectivity index (χ1) is 14.6. The Morgan fingerprint density at radius 1 is 0.733 bits per heavy atom. The predicted octanol–water partition coefficient (Wildman–Crippen LogP) is 6.89. The van der Waals surface area contributed by atoms with Crippen LogP contribution in [0.15, 0.2) is 48.6 Å². The SMILES string of the molecule is CCCCC/C=C\C/C=C\C/C=C\C/C=C\CCCC(=O)NC(CCCC)C(=O)O. The third-order valence-corrected chi connectivity index (χ3v) is 4.71. The van der Waals surface area contributed by atoms with Crippen LogP contribution in [0, 0.1) is 0 Å². The van der Waals surface area contributed by atoms with Crippen LogP contribution >= 0.6 is 0 Å². The summed E-state index contributed by atoms with van der Waals surface area (Å²) in [6, 6.07) is -0.756. The molecule has 0 aliphatic rings. The van der Waals surface area contributed by atoms with E-state index in [2.05, 4.69) is 60.8 Å². The van der Waals surface area contributed by atoms with E-state index in [0.717, 1.165) is 44.9 Å². The maximum absolute atomic E-state index is 11.9. The molecule has 0 aromatic rings. The zero-order chi connectivity index (χ0) is 22.3. The zero-order valence-corrected chi connectivity index (χ0v) is 19.2. The summed E-state index contributed by atoms with van der Waals surface area (Å²) in [7, 11) is 0. The van der Waals surface area contributed by atoms with Crippen molar-refractivity contribution in [2.24, 2.45) is 0 Å². The van der Waals surface area contributed by atoms with E-state index >= 15 is 0 Å². The number of aliphatic carboxylic acids is 1. The normalized spacial score (nSPS) is 13.1. The van der Waals surface area contributed by atoms with Crippen molar-refractivity contribution in [3.63, 3.8) is 0 Å². The summed E-state index contributed by atoms with van der Waals surface area (Å²) >= 11 is 0. The number of hydrogen-bond donors (Lipinski definition) is 2. The Kier molecular flexibility index (Phi) is 20.1. The van der Waals surface area contributed by atoms with Crippen molar-refractivity contribution in [3.8, 4) is 0 Å². The third kappa shape index (κ3) is 19.2. The molecule has 0 heterocycles. The molecule has 0 rings (SSSR count). The van der Waals surface area contributed by atoms with Gasteiger partial charge in [-0.05, 0) is 51.4 Å². The van der Waals surface area contributed by atoms with Crippen LogP contribution in [0.2, 0.25) is 0 Å². The zero-order valence-electron chi connectivity index (χ0n) is 19.2. The first-order valence-corrected chi connectivity index (χ1v) is 11.7. The molecule has 0 radical (unpaired) electrons. The molecule has 0 saturated heterocycles. The topological polar surface area (TPSA) is 66.4 Å². The maximum atomic E-state index is 11.9. The van der Waals surface area contributed by atoms with Crippen LogP contribution in [0.1, 0.15) is 97.3 Å². The second kappa shape index (κ2) is 21.6. The van der Waals surface area contributed by atoms with Gasteiger partial charge in [0.15, 0.2) is 0 Å². The summed E-state index contributed by atoms with van der Waals surface area (Å²) in [6.45, 7) is 4.24. The first-order valence-electron chi connectivity index (χ1n) is 11.7. The lowest BCUT2D eigenvalue weighted by atomic mass is 10.1. The lowest BCUT2D eigenvalue weighted by molar-refractivity contribution is -0.142. The molecule has 1 atom stereocenters. The Morgan fingerprint density at radius 2 is 1.23 bits per heavy atom. The summed E-state index contributed by atoms with van der Waals surface area (Å²) in [4.78, 5) is 23.0. The fraction of sp³-hybridized carbons (Fsp3) is 0.615. The quantitative estimate of drug-likeness (QED) is 0.178. The molecule has 1 amide bonds. The number of carboxylic acids is 1. The second-order valence-electron chi connectivity index (χ2n) is 7.58. The second-order valence-corrected chi connectivity index (χ2v) is 7.58. The standard InChI is InChI=1S/C26H43NO3/c1-3-5-7-8-9-10-11-12-13-14-15-16-17-18-19-20-21-23-25(28)27-24(26(29)30)22-6-4-2/h9-10,12-13,15-16,18-19,24H,3-8,11,14,17,20-23H2,1-2H3,(H,27,28)(H,29,30)/b10-9-,13-12-,16-15-,19-18-. The lowest BCUT2D eigenvalue weighted by Gasteiger charge is -2.13. The van der Waals surface area contributed by atoms with Gasteiger partial charge in [0.2, 0.25) is 5.91 Å². The smallest absolute Gasteiger partial charge is 0.326 e. The van der Waals surface area contributed by atoms with E-state index in [1.807, 2.05) is 6.92 Å². The first kappa shape index (κ1) is 27.9. The Labute approximate surface area is 184 Å². The molecular weight excluding hydrogens is 374 g/mol. The van der Waals surface area contributed by atoms with Crippen molar-refractivity contribution in [2.75, 3.05) is 0 Å². The summed E-state index contributed by atoms with van der Waals surface area (Å²) in [5.74, 6) is -1.12. The number of nitrogens with one attached hydrogen (secondary N) is 1. The third-order valence-electron chi connectivity index (χ3n) is 4.71. The highest BCUT2D eigenvalue weighted by atomic mass is 16.4. The summed E-state index contributed by atoms with van der Waals surface area (Å²) in [6.07, 6.45) is 29.6. The molecule has 0 fully saturated rings. The van der Waals surface area contributed by atoms with Crippen molar-refractivity contribution >= 4 is 11.9 Å². The van der Waals surface area contributed by atoms with Crippen LogP contribution in [-0.4, -0.2) is 23.0 Å². The molecule has 30 heavy (non-hydrogen) atoms. The van der Waals surface area contributed by atoms with Crippen molar-refractivity contribution < 1.29 is 14.7 Å². The van der Waals surface area contributed by atoms with E-state index in [1.54, 1.807) is 0 Å². The van der Waals surface area contributed by atoms with Crippen molar-refractivity contribution in [2.45, 2.75) is 103 Å². The number of amides is 1. The number of unbranched alkanes of at least 4 members (excludes halogenated alkanes) is 5. The Hall–Kier alpha value is -2.10. The number of hydrogen-bond acceptors (Lipinski definition) is 2. The number of carbonyl (C=O) groups excluding carboxylic acids is 1. The van der Waals surface area contributed by atoms with E-state index in [9.17, 15) is 9.59 Å². The van der Waals surface area contributed by atoms with Gasteiger partial charge in [0, 0.05) is 6.42 Å². The predicted molar refractivity (Wildman–Crippen MR) is 127 cm³/mol. The van der Waals surface area contributed by atoms with E-state index in [1.165, 1.54) is 25.7 Å². The molecule has 1 unspecified atom stereocenters. The van der Waals surface area contributed by atoms with Gasteiger partial charge in [0.1, 0.15) is 6.04 Å². The van der Waals surface area contributed by atoms with E-state index in [4.69, 9.17) is 5.11 Å². The van der Waals surface area contributed by atoms with Crippen LogP contribution in [0.3, 0.4) is 0 Å². The van der Waals surface area contributed by atoms with Gasteiger partial charge in [-0.1, -0.05) is 88.1 Å². The Balaban J connectivity index is 3.70. The molecule has 0 aliphatic heterocycles. The van der Waals surface area contributed by atoms with Gasteiger partial charge in [0.25, 0.3) is 0 Å². The van der Waals surface area contributed by atoms with Crippen LogP contribution in [-0.2, 0) is 9.59 Å². The van der Waals surface area contributed by atoms with Crippen LogP contribution in [0.5, 0.6) is 0 Å². The van der Waals surface area contributed by atoms with Gasteiger partial charge in [-0.15, -0.1) is 0 Å². The average Bonchev–Trinajstić information content (AvgIpc) is 2.73. The Morgan fingerprint density at radius 3 is 1.73 bits per heavy atom. The van der Waals surface area contributed by atoms with Gasteiger partial charge in [0.05, 0.1) is 0 Å². The van der Waals surface area contributed by atoms with Gasteiger partial charge in [-0.2, -0.15) is 0 Å². The molecule has 0 bridgehead atoms. The maximum Gasteiger partial charge on any atom is 0.326 e. The van der Waals surface area contributed by atoms with E-state index < -0.39 is 12.0 Å². The highest BCUT2D eigenvalue weighted by Crippen LogP contribution is 2.04. The highest BCUT2D eigenvalue weighted by Gasteiger charge is 2.18. The summed E-state index contributed by atoms with van der Waals surface area (Å²) < 4.78 is 0. The van der Waals surface area contributed by atoms with E-state index in [-0.39, 0.29) is 5.91 Å². The van der Waals surface area contributed by atoms with Crippen molar-refractivity contribution in [3.05, 3.63) is 48.6 Å². The lowest BCUT2D eigenvalue weighted by Crippen LogP contribution is -2.40. The molecule has 2 N–H and O–H groups in total. The molecule has 0 aliphatic carbocycles. The summed E-state index contributed by atoms with van der Waals surface area (Å²) in [5.41, 5.74) is 0. The molecule has 0 aromatic heterocycles.